The van der Waals surface area contributed by atoms with Crippen LogP contribution in [0, 0.1) is 19.8 Å². The average Bonchev–Trinajstić information content (AvgIpc) is 3.49. The molecule has 3 fully saturated rings. The second kappa shape index (κ2) is 7.90. The second-order valence-electron chi connectivity index (χ2n) is 9.83. The van der Waals surface area contributed by atoms with E-state index in [0.29, 0.717) is 42.5 Å². The van der Waals surface area contributed by atoms with Gasteiger partial charge in [-0.25, -0.2) is 15.0 Å². The van der Waals surface area contributed by atoms with E-state index in [9.17, 15) is 13.2 Å². The Bertz CT molecular complexity index is 1230. The van der Waals surface area contributed by atoms with Gasteiger partial charge in [0.25, 0.3) is 0 Å². The van der Waals surface area contributed by atoms with E-state index >= 15 is 0 Å². The van der Waals surface area contributed by atoms with Crippen LogP contribution >= 0.6 is 0 Å². The molecule has 0 bridgehead atoms. The number of anilines is 1. The maximum absolute atomic E-state index is 13.2. The first-order valence-electron chi connectivity index (χ1n) is 11.9. The van der Waals surface area contributed by atoms with E-state index < -0.39 is 12.1 Å². The van der Waals surface area contributed by atoms with Gasteiger partial charge in [0.2, 0.25) is 0 Å². The van der Waals surface area contributed by atoms with Crippen molar-refractivity contribution < 1.29 is 17.9 Å². The van der Waals surface area contributed by atoms with Crippen LogP contribution in [0.5, 0.6) is 0 Å². The SMILES string of the molecule is Cc1nc2cc(N3CCO[C@H](c4cnn(C5CC5)c4)C3)nc([C@H]3C[C@@H](C(F)(F)F)C3)c2nc1C. The highest BCUT2D eigenvalue weighted by Gasteiger charge is 2.49. The van der Waals surface area contributed by atoms with Gasteiger partial charge in [-0.15, -0.1) is 0 Å². The Morgan fingerprint density at radius 2 is 1.82 bits per heavy atom. The van der Waals surface area contributed by atoms with Crippen LogP contribution in [0.4, 0.5) is 19.0 Å². The minimum absolute atomic E-state index is 0.0513. The molecule has 3 aromatic rings. The molecule has 0 aromatic carbocycles. The predicted octanol–water partition coefficient (Wildman–Crippen LogP) is 4.81. The molecule has 4 heterocycles. The van der Waals surface area contributed by atoms with E-state index in [4.69, 9.17) is 14.7 Å². The summed E-state index contributed by atoms with van der Waals surface area (Å²) in [6, 6.07) is 2.42. The summed E-state index contributed by atoms with van der Waals surface area (Å²) in [5.74, 6) is -0.814. The second-order valence-corrected chi connectivity index (χ2v) is 9.83. The van der Waals surface area contributed by atoms with Gasteiger partial charge >= 0.3 is 6.18 Å². The molecule has 1 aliphatic heterocycles. The molecule has 3 aliphatic rings. The van der Waals surface area contributed by atoms with E-state index in [0.717, 1.165) is 22.8 Å². The van der Waals surface area contributed by atoms with Gasteiger partial charge in [-0.05, 0) is 39.5 Å². The molecule has 1 saturated heterocycles. The van der Waals surface area contributed by atoms with Crippen LogP contribution in [-0.4, -0.2) is 50.6 Å². The molecular formula is C24H27F3N6O. The molecule has 7 nitrogen and oxygen atoms in total. The van der Waals surface area contributed by atoms with Gasteiger partial charge in [0.1, 0.15) is 17.4 Å². The van der Waals surface area contributed by atoms with Crippen molar-refractivity contribution in [1.29, 1.82) is 0 Å². The minimum atomic E-state index is -4.16. The van der Waals surface area contributed by atoms with Crippen LogP contribution in [0.3, 0.4) is 0 Å². The first-order valence-corrected chi connectivity index (χ1v) is 11.9. The number of ether oxygens (including phenoxy) is 1. The quantitative estimate of drug-likeness (QED) is 0.543. The van der Waals surface area contributed by atoms with E-state index in [1.165, 1.54) is 12.8 Å². The van der Waals surface area contributed by atoms with Gasteiger partial charge in [0.15, 0.2) is 0 Å². The summed E-state index contributed by atoms with van der Waals surface area (Å²) < 4.78 is 47.6. The zero-order valence-corrected chi connectivity index (χ0v) is 19.2. The Morgan fingerprint density at radius 3 is 2.56 bits per heavy atom. The molecule has 1 atom stereocenters. The van der Waals surface area contributed by atoms with Gasteiger partial charge < -0.3 is 9.64 Å². The molecule has 0 spiro atoms. The average molecular weight is 473 g/mol. The van der Waals surface area contributed by atoms with Crippen LogP contribution in [0.15, 0.2) is 18.5 Å². The largest absolute Gasteiger partial charge is 0.391 e. The Labute approximate surface area is 195 Å². The smallest absolute Gasteiger partial charge is 0.370 e. The zero-order valence-electron chi connectivity index (χ0n) is 19.2. The van der Waals surface area contributed by atoms with Gasteiger partial charge in [-0.3, -0.25) is 4.68 Å². The number of alkyl halides is 3. The van der Waals surface area contributed by atoms with Crippen molar-refractivity contribution in [2.75, 3.05) is 24.6 Å². The molecule has 6 rings (SSSR count). The fourth-order valence-corrected chi connectivity index (χ4v) is 4.91. The molecule has 34 heavy (non-hydrogen) atoms. The van der Waals surface area contributed by atoms with Crippen LogP contribution in [0.25, 0.3) is 11.0 Å². The number of pyridine rings is 1. The molecule has 2 aliphatic carbocycles. The van der Waals surface area contributed by atoms with Crippen molar-refractivity contribution in [3.05, 3.63) is 41.1 Å². The molecule has 0 unspecified atom stereocenters. The van der Waals surface area contributed by atoms with E-state index in [2.05, 4.69) is 21.2 Å². The number of hydrogen-bond donors (Lipinski definition) is 0. The zero-order chi connectivity index (χ0) is 23.6. The topological polar surface area (TPSA) is 69.0 Å². The molecule has 10 heteroatoms. The fraction of sp³-hybridized carbons (Fsp3) is 0.583. The van der Waals surface area contributed by atoms with E-state index in [1.54, 1.807) is 0 Å². The molecule has 0 radical (unpaired) electrons. The van der Waals surface area contributed by atoms with Crippen molar-refractivity contribution in [3.8, 4) is 0 Å². The number of aromatic nitrogens is 5. The molecule has 180 valence electrons. The third kappa shape index (κ3) is 3.91. The van der Waals surface area contributed by atoms with E-state index in [-0.39, 0.29) is 24.9 Å². The summed E-state index contributed by atoms with van der Waals surface area (Å²) in [7, 11) is 0. The highest BCUT2D eigenvalue weighted by molar-refractivity contribution is 5.80. The Balaban J connectivity index is 1.32. The van der Waals surface area contributed by atoms with Crippen LogP contribution in [0.2, 0.25) is 0 Å². The first-order chi connectivity index (χ1) is 16.3. The third-order valence-corrected chi connectivity index (χ3v) is 7.37. The maximum Gasteiger partial charge on any atom is 0.391 e. The maximum atomic E-state index is 13.2. The van der Waals surface area contributed by atoms with Gasteiger partial charge in [0, 0.05) is 36.8 Å². The van der Waals surface area contributed by atoms with E-state index in [1.807, 2.05) is 30.8 Å². The Hall–Kier alpha value is -2.75. The summed E-state index contributed by atoms with van der Waals surface area (Å²) in [5, 5.41) is 4.49. The van der Waals surface area contributed by atoms with Crippen LogP contribution in [0.1, 0.15) is 66.4 Å². The fourth-order valence-electron chi connectivity index (χ4n) is 4.91. The lowest BCUT2D eigenvalue weighted by molar-refractivity contribution is -0.197. The molecular weight excluding hydrogens is 445 g/mol. The summed E-state index contributed by atoms with van der Waals surface area (Å²) >= 11 is 0. The monoisotopic (exact) mass is 472 g/mol. The molecule has 2 saturated carbocycles. The van der Waals surface area contributed by atoms with Gasteiger partial charge in [-0.1, -0.05) is 0 Å². The van der Waals surface area contributed by atoms with Crippen LogP contribution < -0.4 is 4.90 Å². The van der Waals surface area contributed by atoms with Crippen molar-refractivity contribution in [2.45, 2.75) is 63.8 Å². The number of fused-ring (bicyclic) bond motifs is 1. The van der Waals surface area contributed by atoms with Crippen molar-refractivity contribution in [2.24, 2.45) is 5.92 Å². The lowest BCUT2D eigenvalue weighted by atomic mass is 9.72. The number of aryl methyl sites for hydroxylation is 2. The Kier molecular flexibility index (Phi) is 5.05. The van der Waals surface area contributed by atoms with Crippen molar-refractivity contribution in [3.63, 3.8) is 0 Å². The Morgan fingerprint density at radius 1 is 1.06 bits per heavy atom. The standard InChI is InChI=1S/C24H27F3N6O/c1-13-14(2)30-23-19(29-13)9-21(31-22(23)15-7-17(8-15)24(25,26)27)32-5-6-34-20(12-32)16-10-28-33(11-16)18-3-4-18/h9-11,15,17-18,20H,3-8,12H2,1-2H3/t15-,17+,20-/m0/s1. The molecule has 3 aromatic heterocycles. The van der Waals surface area contributed by atoms with Crippen molar-refractivity contribution in [1.82, 2.24) is 24.7 Å². The number of hydrogen-bond acceptors (Lipinski definition) is 6. The van der Waals surface area contributed by atoms with Gasteiger partial charge in [-0.2, -0.15) is 18.3 Å². The molecule has 0 N–H and O–H groups in total. The third-order valence-electron chi connectivity index (χ3n) is 7.37. The number of halogens is 3. The number of nitrogens with zero attached hydrogens (tertiary/aromatic N) is 6. The highest BCUT2D eigenvalue weighted by atomic mass is 19.4. The lowest BCUT2D eigenvalue weighted by Crippen LogP contribution is -2.39. The lowest BCUT2D eigenvalue weighted by Gasteiger charge is -2.37. The summed E-state index contributed by atoms with van der Waals surface area (Å²) in [6.45, 7) is 5.55. The molecule has 0 amide bonds. The predicted molar refractivity (Wildman–Crippen MR) is 120 cm³/mol. The summed E-state index contributed by atoms with van der Waals surface area (Å²) in [5.41, 5.74) is 4.55. The first kappa shape index (κ1) is 21.8. The van der Waals surface area contributed by atoms with Crippen molar-refractivity contribution >= 4 is 16.9 Å². The summed E-state index contributed by atoms with van der Waals surface area (Å²) in [4.78, 5) is 16.4. The minimum Gasteiger partial charge on any atom is -0.370 e. The van der Waals surface area contributed by atoms with Gasteiger partial charge in [0.05, 0.1) is 47.4 Å². The highest BCUT2D eigenvalue weighted by Crippen LogP contribution is 2.50. The summed E-state index contributed by atoms with van der Waals surface area (Å²) in [6.07, 6.45) is 2.07. The normalized spacial score (nSPS) is 25.6. The number of rotatable bonds is 4. The number of morpholine rings is 1. The van der Waals surface area contributed by atoms with Crippen LogP contribution in [-0.2, 0) is 4.74 Å².